The van der Waals surface area contributed by atoms with Crippen molar-refractivity contribution >= 4 is 79.0 Å². The first-order valence-corrected chi connectivity index (χ1v) is 12.2. The van der Waals surface area contributed by atoms with E-state index in [9.17, 15) is 13.2 Å². The summed E-state index contributed by atoms with van der Waals surface area (Å²) in [5.41, 5.74) is 0. The third kappa shape index (κ3) is 5.18. The van der Waals surface area contributed by atoms with E-state index in [-0.39, 0.29) is 37.4 Å². The van der Waals surface area contributed by atoms with E-state index in [1.807, 2.05) is 11.8 Å². The van der Waals surface area contributed by atoms with Gasteiger partial charge in [-0.15, -0.1) is 10.2 Å². The van der Waals surface area contributed by atoms with Crippen molar-refractivity contribution in [1.82, 2.24) is 15.1 Å². The lowest BCUT2D eigenvalue weighted by Gasteiger charge is -2.25. The average Bonchev–Trinajstić information content (AvgIpc) is 3.00. The zero-order chi connectivity index (χ0) is 19.6. The van der Waals surface area contributed by atoms with Crippen LogP contribution in [0.3, 0.4) is 0 Å². The number of sulfonamides is 1. The number of thioether (sulfide) groups is 1. The minimum Gasteiger partial charge on any atom is -0.341 e. The molecular weight excluding hydrogens is 475 g/mol. The van der Waals surface area contributed by atoms with Crippen LogP contribution in [0.1, 0.15) is 5.01 Å². The Hall–Kier alpha value is -0.780. The number of benzene rings is 1. The van der Waals surface area contributed by atoms with E-state index in [4.69, 9.17) is 34.8 Å². The molecular formula is C14H13Cl3N4O3S3. The van der Waals surface area contributed by atoms with E-state index in [1.54, 1.807) is 4.90 Å². The van der Waals surface area contributed by atoms with Crippen molar-refractivity contribution in [2.45, 2.75) is 11.3 Å². The predicted molar refractivity (Wildman–Crippen MR) is 110 cm³/mol. The van der Waals surface area contributed by atoms with Gasteiger partial charge in [-0.3, -0.25) is 9.52 Å². The van der Waals surface area contributed by atoms with Crippen LogP contribution in [-0.2, 0) is 21.2 Å². The largest absolute Gasteiger partial charge is 0.341 e. The normalized spacial score (nSPS) is 15.0. The molecule has 3 rings (SSSR count). The maximum Gasteiger partial charge on any atom is 0.266 e. The number of hydrogen-bond acceptors (Lipinski definition) is 7. The van der Waals surface area contributed by atoms with Gasteiger partial charge in [0.2, 0.25) is 11.0 Å². The van der Waals surface area contributed by atoms with Crippen LogP contribution in [0, 0.1) is 0 Å². The number of amides is 1. The molecule has 0 aliphatic carbocycles. The molecule has 27 heavy (non-hydrogen) atoms. The van der Waals surface area contributed by atoms with Gasteiger partial charge in [0, 0.05) is 29.6 Å². The van der Waals surface area contributed by atoms with Crippen molar-refractivity contribution in [2.75, 3.05) is 29.3 Å². The molecule has 1 amide bonds. The number of rotatable bonds is 5. The Balaban J connectivity index is 1.72. The molecule has 0 bridgehead atoms. The summed E-state index contributed by atoms with van der Waals surface area (Å²) >= 11 is 20.5. The summed E-state index contributed by atoms with van der Waals surface area (Å²) in [4.78, 5) is 13.7. The van der Waals surface area contributed by atoms with E-state index >= 15 is 0 Å². The Kier molecular flexibility index (Phi) is 6.75. The first-order chi connectivity index (χ1) is 12.8. The number of carbonyl (C=O) groups is 1. The lowest BCUT2D eigenvalue weighted by atomic mass is 10.3. The van der Waals surface area contributed by atoms with Gasteiger partial charge in [0.05, 0.1) is 16.5 Å². The first-order valence-electron chi connectivity index (χ1n) is 7.61. The lowest BCUT2D eigenvalue weighted by Crippen LogP contribution is -2.38. The number of halogens is 3. The number of nitrogens with zero attached hydrogens (tertiary/aromatic N) is 3. The highest BCUT2D eigenvalue weighted by atomic mass is 35.5. The molecule has 0 atom stereocenters. The molecule has 0 radical (unpaired) electrons. The fourth-order valence-corrected chi connectivity index (χ4v) is 6.78. The molecule has 1 aliphatic rings. The van der Waals surface area contributed by atoms with E-state index in [0.29, 0.717) is 18.1 Å². The summed E-state index contributed by atoms with van der Waals surface area (Å²) in [5.74, 6) is 1.77. The summed E-state index contributed by atoms with van der Waals surface area (Å²) < 4.78 is 27.4. The minimum absolute atomic E-state index is 0.0223. The second kappa shape index (κ2) is 8.71. The summed E-state index contributed by atoms with van der Waals surface area (Å²) in [5, 5.41) is 8.13. The monoisotopic (exact) mass is 486 g/mol. The molecule has 1 aromatic carbocycles. The summed E-state index contributed by atoms with van der Waals surface area (Å²) in [6.07, 6.45) is 0.0759. The van der Waals surface area contributed by atoms with Gasteiger partial charge in [0.1, 0.15) is 9.90 Å². The van der Waals surface area contributed by atoms with Crippen molar-refractivity contribution in [3.05, 3.63) is 32.2 Å². The number of hydrogen-bond donors (Lipinski definition) is 1. The van der Waals surface area contributed by atoms with Crippen molar-refractivity contribution < 1.29 is 13.2 Å². The number of anilines is 1. The fourth-order valence-electron chi connectivity index (χ4n) is 2.37. The molecule has 2 heterocycles. The van der Waals surface area contributed by atoms with Gasteiger partial charge in [-0.2, -0.15) is 11.8 Å². The highest BCUT2D eigenvalue weighted by Crippen LogP contribution is 2.34. The van der Waals surface area contributed by atoms with Crippen LogP contribution >= 0.6 is 57.9 Å². The molecule has 13 heteroatoms. The standard InChI is InChI=1S/C14H13Cl3N4O3S3/c15-8-5-9(16)13(10(17)6-8)27(23,24)20-14-19-18-11(26-14)7-12(22)21-1-3-25-4-2-21/h5-6H,1-4,7H2,(H,19,20). The van der Waals surface area contributed by atoms with Crippen LogP contribution in [0.4, 0.5) is 5.13 Å². The van der Waals surface area contributed by atoms with Gasteiger partial charge in [-0.1, -0.05) is 46.1 Å². The smallest absolute Gasteiger partial charge is 0.266 e. The van der Waals surface area contributed by atoms with Crippen molar-refractivity contribution in [1.29, 1.82) is 0 Å². The summed E-state index contributed by atoms with van der Waals surface area (Å²) in [7, 11) is -4.09. The molecule has 1 N–H and O–H groups in total. The molecule has 2 aromatic rings. The van der Waals surface area contributed by atoms with Gasteiger partial charge in [0.15, 0.2) is 0 Å². The van der Waals surface area contributed by atoms with Gasteiger partial charge < -0.3 is 4.90 Å². The van der Waals surface area contributed by atoms with Gasteiger partial charge in [-0.05, 0) is 12.1 Å². The van der Waals surface area contributed by atoms with Crippen LogP contribution in [-0.4, -0.2) is 54.0 Å². The zero-order valence-electron chi connectivity index (χ0n) is 13.6. The van der Waals surface area contributed by atoms with Crippen LogP contribution in [0.2, 0.25) is 15.1 Å². The molecule has 1 fully saturated rings. The Morgan fingerprint density at radius 3 is 2.41 bits per heavy atom. The molecule has 1 aliphatic heterocycles. The molecule has 7 nitrogen and oxygen atoms in total. The Morgan fingerprint density at radius 1 is 1.15 bits per heavy atom. The Labute approximate surface area is 179 Å². The van der Waals surface area contributed by atoms with Gasteiger partial charge >= 0.3 is 0 Å². The topological polar surface area (TPSA) is 92.3 Å². The third-order valence-corrected chi connectivity index (χ3v) is 7.97. The average molecular weight is 488 g/mol. The fraction of sp³-hybridized carbons (Fsp3) is 0.357. The maximum absolute atomic E-state index is 12.6. The van der Waals surface area contributed by atoms with Gasteiger partial charge in [-0.25, -0.2) is 8.42 Å². The van der Waals surface area contributed by atoms with Crippen LogP contribution in [0.15, 0.2) is 17.0 Å². The van der Waals surface area contributed by atoms with E-state index < -0.39 is 10.0 Å². The minimum atomic E-state index is -4.09. The molecule has 1 aromatic heterocycles. The van der Waals surface area contributed by atoms with E-state index in [0.717, 1.165) is 22.8 Å². The SMILES string of the molecule is O=C(Cc1nnc(NS(=O)(=O)c2c(Cl)cc(Cl)cc2Cl)s1)N1CCSCC1. The first kappa shape index (κ1) is 20.9. The highest BCUT2D eigenvalue weighted by molar-refractivity contribution is 7.99. The van der Waals surface area contributed by atoms with Crippen molar-refractivity contribution in [3.8, 4) is 0 Å². The maximum atomic E-state index is 12.6. The van der Waals surface area contributed by atoms with Crippen LogP contribution in [0.25, 0.3) is 0 Å². The predicted octanol–water partition coefficient (Wildman–Crippen LogP) is 3.42. The second-order valence-electron chi connectivity index (χ2n) is 5.47. The Bertz CT molecular complexity index is 939. The molecule has 0 unspecified atom stereocenters. The van der Waals surface area contributed by atoms with Crippen LogP contribution < -0.4 is 4.72 Å². The Morgan fingerprint density at radius 2 is 1.78 bits per heavy atom. The van der Waals surface area contributed by atoms with E-state index in [1.165, 1.54) is 12.1 Å². The van der Waals surface area contributed by atoms with Crippen molar-refractivity contribution in [3.63, 3.8) is 0 Å². The molecule has 1 saturated heterocycles. The quantitative estimate of drug-likeness (QED) is 0.695. The summed E-state index contributed by atoms with van der Waals surface area (Å²) in [6.45, 7) is 1.41. The number of carbonyl (C=O) groups excluding carboxylic acids is 1. The molecule has 146 valence electrons. The second-order valence-corrected chi connectivity index (χ2v) is 10.6. The lowest BCUT2D eigenvalue weighted by molar-refractivity contribution is -0.130. The van der Waals surface area contributed by atoms with Crippen molar-refractivity contribution in [2.24, 2.45) is 0 Å². The number of aromatic nitrogens is 2. The third-order valence-electron chi connectivity index (χ3n) is 3.59. The molecule has 0 saturated carbocycles. The summed E-state index contributed by atoms with van der Waals surface area (Å²) in [6, 6.07) is 2.56. The van der Waals surface area contributed by atoms with Gasteiger partial charge in [0.25, 0.3) is 10.0 Å². The van der Waals surface area contributed by atoms with E-state index in [2.05, 4.69) is 14.9 Å². The molecule has 0 spiro atoms. The highest BCUT2D eigenvalue weighted by Gasteiger charge is 2.25. The zero-order valence-corrected chi connectivity index (χ0v) is 18.3. The van der Waals surface area contributed by atoms with Crippen LogP contribution in [0.5, 0.6) is 0 Å². The number of nitrogens with one attached hydrogen (secondary N) is 1.